The molecule has 0 aliphatic rings. The predicted octanol–water partition coefficient (Wildman–Crippen LogP) is -7.58. The molecule has 6 heteroatoms. The Morgan fingerprint density at radius 2 is 1.00 bits per heavy atom. The summed E-state index contributed by atoms with van der Waals surface area (Å²) in [7, 11) is 0. The molecular formula is C8H4O4Rb2. The number of aromatic carboxylic acids is 2. The van der Waals surface area contributed by atoms with E-state index in [0.29, 0.717) is 0 Å². The number of hydrogen-bond acceptors (Lipinski definition) is 4. The van der Waals surface area contributed by atoms with Gasteiger partial charge in [0.15, 0.2) is 0 Å². The maximum atomic E-state index is 10.2. The average Bonchev–Trinajstić information content (AvgIpc) is 2.04. The van der Waals surface area contributed by atoms with Gasteiger partial charge in [-0.05, 0) is 11.1 Å². The summed E-state index contributed by atoms with van der Waals surface area (Å²) < 4.78 is 0. The summed E-state index contributed by atoms with van der Waals surface area (Å²) in [6.07, 6.45) is 0. The van der Waals surface area contributed by atoms with Gasteiger partial charge in [-0.3, -0.25) is 0 Å². The quantitative estimate of drug-likeness (QED) is 0.538. The molecule has 0 radical (unpaired) electrons. The second-order valence-corrected chi connectivity index (χ2v) is 2.15. The Hall–Kier alpha value is 1.77. The minimum absolute atomic E-state index is 0. The summed E-state index contributed by atoms with van der Waals surface area (Å²) in [4.78, 5) is 20.4. The first kappa shape index (κ1) is 18.1. The van der Waals surface area contributed by atoms with Crippen LogP contribution in [-0.2, 0) is 0 Å². The minimum atomic E-state index is -1.33. The molecule has 1 aromatic rings. The summed E-state index contributed by atoms with van der Waals surface area (Å²) in [5.41, 5.74) is -0.111. The van der Waals surface area contributed by atoms with Gasteiger partial charge < -0.3 is 19.8 Å². The van der Waals surface area contributed by atoms with E-state index < -0.39 is 11.9 Å². The Balaban J connectivity index is 0. The van der Waals surface area contributed by atoms with Gasteiger partial charge in [0.25, 0.3) is 0 Å². The van der Waals surface area contributed by atoms with E-state index >= 15 is 0 Å². The molecule has 4 nitrogen and oxygen atoms in total. The van der Waals surface area contributed by atoms with E-state index in [1.807, 2.05) is 0 Å². The van der Waals surface area contributed by atoms with Crippen LogP contribution in [-0.4, -0.2) is 11.9 Å². The smallest absolute Gasteiger partial charge is 0.545 e. The summed E-state index contributed by atoms with van der Waals surface area (Å²) in [5.74, 6) is -2.67. The van der Waals surface area contributed by atoms with Crippen molar-refractivity contribution in [3.05, 3.63) is 35.4 Å². The van der Waals surface area contributed by atoms with E-state index in [2.05, 4.69) is 0 Å². The number of carboxylic acid groups (broad SMARTS) is 2. The maximum absolute atomic E-state index is 10.2. The molecule has 14 heavy (non-hydrogen) atoms. The third-order valence-electron chi connectivity index (χ3n) is 1.36. The minimum Gasteiger partial charge on any atom is -0.545 e. The Labute approximate surface area is 179 Å². The molecule has 62 valence electrons. The topological polar surface area (TPSA) is 80.3 Å². The van der Waals surface area contributed by atoms with Crippen LogP contribution in [0.5, 0.6) is 0 Å². The van der Waals surface area contributed by atoms with Gasteiger partial charge in [-0.25, -0.2) is 0 Å². The van der Waals surface area contributed by atoms with Crippen LogP contribution >= 0.6 is 0 Å². The summed E-state index contributed by atoms with van der Waals surface area (Å²) >= 11 is 0. The molecule has 0 fully saturated rings. The van der Waals surface area contributed by atoms with Crippen molar-refractivity contribution in [3.8, 4) is 0 Å². The van der Waals surface area contributed by atoms with Gasteiger partial charge in [-0.1, -0.05) is 24.3 Å². The first-order chi connectivity index (χ1) is 5.61. The average molecular weight is 335 g/mol. The van der Waals surface area contributed by atoms with E-state index in [-0.39, 0.29) is 128 Å². The van der Waals surface area contributed by atoms with Crippen molar-refractivity contribution in [1.29, 1.82) is 0 Å². The van der Waals surface area contributed by atoms with Gasteiger partial charge in [0, 0.05) is 0 Å². The Kier molecular flexibility index (Phi) is 11.5. The van der Waals surface area contributed by atoms with E-state index in [4.69, 9.17) is 0 Å². The number of carbonyl (C=O) groups excluding carboxylic acids is 2. The number of hydrogen-bond donors (Lipinski definition) is 0. The fraction of sp³-hybridized carbons (Fsp3) is 0. The molecule has 0 spiro atoms. The molecule has 0 atom stereocenters. The van der Waals surface area contributed by atoms with Crippen molar-refractivity contribution in [2.75, 3.05) is 0 Å². The van der Waals surface area contributed by atoms with Gasteiger partial charge in [-0.15, -0.1) is 0 Å². The SMILES string of the molecule is O=C([O-])c1ccc(C(=O)[O-])cc1.[Rb+].[Rb+]. The molecule has 0 unspecified atom stereocenters. The molecule has 0 N–H and O–H groups in total. The van der Waals surface area contributed by atoms with Gasteiger partial charge in [0.2, 0.25) is 0 Å². The van der Waals surface area contributed by atoms with E-state index in [1.54, 1.807) is 0 Å². The van der Waals surface area contributed by atoms with Crippen molar-refractivity contribution < 1.29 is 136 Å². The Morgan fingerprint density at radius 3 is 1.14 bits per heavy atom. The summed E-state index contributed by atoms with van der Waals surface area (Å²) in [6, 6.07) is 4.61. The van der Waals surface area contributed by atoms with Gasteiger partial charge in [-0.2, -0.15) is 0 Å². The number of carboxylic acids is 2. The van der Waals surface area contributed by atoms with E-state index in [0.717, 1.165) is 24.3 Å². The first-order valence-electron chi connectivity index (χ1n) is 3.14. The normalized spacial score (nSPS) is 8.00. The molecule has 0 amide bonds. The van der Waals surface area contributed by atoms with Gasteiger partial charge >= 0.3 is 116 Å². The molecule has 0 bridgehead atoms. The Bertz CT molecular complexity index is 288. The zero-order valence-electron chi connectivity index (χ0n) is 7.94. The molecular weight excluding hydrogens is 331 g/mol. The zero-order valence-corrected chi connectivity index (χ0v) is 17.8. The van der Waals surface area contributed by atoms with Gasteiger partial charge in [0.1, 0.15) is 0 Å². The Morgan fingerprint density at radius 1 is 0.786 bits per heavy atom. The van der Waals surface area contributed by atoms with Crippen LogP contribution in [0.4, 0.5) is 0 Å². The largest absolute Gasteiger partial charge is 1.00 e. The van der Waals surface area contributed by atoms with E-state index in [9.17, 15) is 19.8 Å². The molecule has 0 saturated carbocycles. The van der Waals surface area contributed by atoms with E-state index in [1.165, 1.54) is 0 Å². The third-order valence-corrected chi connectivity index (χ3v) is 1.36. The standard InChI is InChI=1S/C8H6O4.2Rb/c9-7(10)5-1-2-6(4-3-5)8(11)12;;/h1-4H,(H,9,10)(H,11,12);;/q;2*+1/p-2. The molecule has 1 aromatic carbocycles. The van der Waals surface area contributed by atoms with Gasteiger partial charge in [0.05, 0.1) is 11.9 Å². The predicted molar refractivity (Wildman–Crippen MR) is 35.1 cm³/mol. The van der Waals surface area contributed by atoms with Crippen LogP contribution < -0.4 is 127 Å². The number of carbonyl (C=O) groups is 2. The zero-order chi connectivity index (χ0) is 9.14. The molecule has 0 aromatic heterocycles. The fourth-order valence-corrected chi connectivity index (χ4v) is 0.742. The third kappa shape index (κ3) is 5.75. The number of rotatable bonds is 2. The first-order valence-corrected chi connectivity index (χ1v) is 3.14. The molecule has 1 rings (SSSR count). The molecule has 0 saturated heterocycles. The van der Waals surface area contributed by atoms with Crippen LogP contribution in [0.15, 0.2) is 24.3 Å². The van der Waals surface area contributed by atoms with Crippen molar-refractivity contribution in [2.45, 2.75) is 0 Å². The second-order valence-electron chi connectivity index (χ2n) is 2.15. The fourth-order valence-electron chi connectivity index (χ4n) is 0.742. The maximum Gasteiger partial charge on any atom is 1.00 e. The van der Waals surface area contributed by atoms with Crippen molar-refractivity contribution in [3.63, 3.8) is 0 Å². The van der Waals surface area contributed by atoms with Crippen LogP contribution in [0.25, 0.3) is 0 Å². The molecule has 0 aliphatic carbocycles. The summed E-state index contributed by atoms with van der Waals surface area (Å²) in [6.45, 7) is 0. The second kappa shape index (κ2) is 8.87. The molecule has 0 heterocycles. The number of benzene rings is 1. The monoisotopic (exact) mass is 334 g/mol. The summed E-state index contributed by atoms with van der Waals surface area (Å²) in [5, 5.41) is 20.4. The van der Waals surface area contributed by atoms with Crippen LogP contribution in [0.2, 0.25) is 0 Å². The van der Waals surface area contributed by atoms with Crippen LogP contribution in [0.1, 0.15) is 20.7 Å². The van der Waals surface area contributed by atoms with Crippen LogP contribution in [0.3, 0.4) is 0 Å². The molecule has 0 aliphatic heterocycles. The van der Waals surface area contributed by atoms with Crippen molar-refractivity contribution >= 4 is 11.9 Å². The van der Waals surface area contributed by atoms with Crippen LogP contribution in [0, 0.1) is 0 Å². The van der Waals surface area contributed by atoms with Crippen molar-refractivity contribution in [2.24, 2.45) is 0 Å². The van der Waals surface area contributed by atoms with Crippen molar-refractivity contribution in [1.82, 2.24) is 0 Å².